The molecule has 0 aromatic heterocycles. The minimum absolute atomic E-state index is 0.0435. The minimum Gasteiger partial charge on any atom is -0.481 e. The van der Waals surface area contributed by atoms with Gasteiger partial charge in [-0.3, -0.25) is 9.79 Å². The molecule has 13 heteroatoms. The van der Waals surface area contributed by atoms with Gasteiger partial charge in [0.25, 0.3) is 0 Å². The van der Waals surface area contributed by atoms with Crippen molar-refractivity contribution in [1.29, 1.82) is 0 Å². The lowest BCUT2D eigenvalue weighted by Crippen LogP contribution is -2.53. The van der Waals surface area contributed by atoms with E-state index in [0.717, 1.165) is 6.07 Å². The highest BCUT2D eigenvalue weighted by Crippen LogP contribution is 2.35. The summed E-state index contributed by atoms with van der Waals surface area (Å²) >= 11 is 0. The van der Waals surface area contributed by atoms with Crippen LogP contribution in [0.5, 0.6) is 0 Å². The number of halogens is 4. The largest absolute Gasteiger partial charge is 0.481 e. The van der Waals surface area contributed by atoms with E-state index in [0.29, 0.717) is 74.0 Å². The van der Waals surface area contributed by atoms with Crippen molar-refractivity contribution in [2.75, 3.05) is 46.5 Å². The number of hydrogen-bond donors (Lipinski definition) is 3. The number of hydrogen-bond acceptors (Lipinski definition) is 7. The molecule has 5 N–H and O–H groups in total. The number of ether oxygens (including phenoxy) is 2. The number of benzene rings is 1. The van der Waals surface area contributed by atoms with Gasteiger partial charge < -0.3 is 36.1 Å². The molecule has 2 saturated heterocycles. The molecule has 0 radical (unpaired) electrons. The molecule has 0 saturated carbocycles. The zero-order chi connectivity index (χ0) is 28.5. The molecule has 1 atom stereocenters. The first-order valence-electron chi connectivity index (χ1n) is 12.5. The Hall–Kier alpha value is -3.74. The summed E-state index contributed by atoms with van der Waals surface area (Å²) in [5, 5.41) is 3.13. The monoisotopic (exact) mass is 552 g/mol. The van der Waals surface area contributed by atoms with Gasteiger partial charge in [0.15, 0.2) is 0 Å². The Morgan fingerprint density at radius 2 is 1.87 bits per heavy atom. The van der Waals surface area contributed by atoms with E-state index in [-0.39, 0.29) is 23.2 Å². The van der Waals surface area contributed by atoms with E-state index in [2.05, 4.69) is 10.3 Å². The summed E-state index contributed by atoms with van der Waals surface area (Å²) in [4.78, 5) is 20.8. The van der Waals surface area contributed by atoms with Gasteiger partial charge in [-0.05, 0) is 26.0 Å². The second-order valence-corrected chi connectivity index (χ2v) is 9.60. The second-order valence-electron chi connectivity index (χ2n) is 9.60. The van der Waals surface area contributed by atoms with E-state index >= 15 is 0 Å². The molecule has 0 bridgehead atoms. The predicted octanol–water partition coefficient (Wildman–Crippen LogP) is 2.59. The fourth-order valence-corrected chi connectivity index (χ4v) is 4.67. The van der Waals surface area contributed by atoms with Crippen LogP contribution in [0.3, 0.4) is 0 Å². The molecule has 3 aliphatic heterocycles. The highest BCUT2D eigenvalue weighted by Gasteiger charge is 2.36. The van der Waals surface area contributed by atoms with E-state index in [1.54, 1.807) is 13.0 Å². The van der Waals surface area contributed by atoms with Crippen molar-refractivity contribution in [3.63, 3.8) is 0 Å². The number of aliphatic imine (C=N–C) groups is 1. The molecule has 1 aromatic rings. The van der Waals surface area contributed by atoms with Crippen LogP contribution in [-0.2, 0) is 20.4 Å². The molecule has 2 fully saturated rings. The van der Waals surface area contributed by atoms with Crippen molar-refractivity contribution < 1.29 is 31.8 Å². The van der Waals surface area contributed by atoms with Crippen LogP contribution in [-0.4, -0.2) is 68.0 Å². The van der Waals surface area contributed by atoms with E-state index in [1.807, 2.05) is 9.80 Å². The Bertz CT molecular complexity index is 1240. The molecular formula is C26H32F4N6O3. The van der Waals surface area contributed by atoms with Gasteiger partial charge in [0.05, 0.1) is 49.2 Å². The first-order valence-corrected chi connectivity index (χ1v) is 12.5. The molecule has 39 heavy (non-hydrogen) atoms. The third-order valence-electron chi connectivity index (χ3n) is 6.93. The SMILES string of the molecule is COC1=C(N2CCN(C(=O)C3COC3)CC2)C=C(C(N)=N[C@H](C)c2cccc(C(F)(F)F)c2F)/C(=C(/C)N)N1. The molecule has 9 nitrogen and oxygen atoms in total. The van der Waals surface area contributed by atoms with Gasteiger partial charge in [-0.2, -0.15) is 13.2 Å². The Balaban J connectivity index is 1.61. The molecule has 3 heterocycles. The van der Waals surface area contributed by atoms with Crippen LogP contribution in [0.4, 0.5) is 17.6 Å². The topological polar surface area (TPSA) is 118 Å². The van der Waals surface area contributed by atoms with Gasteiger partial charge in [0, 0.05) is 43.0 Å². The number of dihydropyridines is 1. The summed E-state index contributed by atoms with van der Waals surface area (Å²) in [5.74, 6) is -1.03. The number of amidine groups is 1. The highest BCUT2D eigenvalue weighted by molar-refractivity contribution is 6.02. The maximum atomic E-state index is 14.7. The lowest BCUT2D eigenvalue weighted by atomic mass is 10.0. The smallest absolute Gasteiger partial charge is 0.419 e. The maximum absolute atomic E-state index is 14.7. The highest BCUT2D eigenvalue weighted by atomic mass is 19.4. The first-order chi connectivity index (χ1) is 18.4. The van der Waals surface area contributed by atoms with Crippen LogP contribution < -0.4 is 16.8 Å². The summed E-state index contributed by atoms with van der Waals surface area (Å²) < 4.78 is 65.1. The van der Waals surface area contributed by atoms with E-state index < -0.39 is 23.6 Å². The number of alkyl halides is 3. The van der Waals surface area contributed by atoms with Crippen molar-refractivity contribution in [3.05, 3.63) is 69.8 Å². The van der Waals surface area contributed by atoms with Crippen LogP contribution in [0.2, 0.25) is 0 Å². The number of nitrogens with zero attached hydrogens (tertiary/aromatic N) is 3. The number of carbonyl (C=O) groups is 1. The third-order valence-corrected chi connectivity index (χ3v) is 6.93. The number of carbonyl (C=O) groups excluding carboxylic acids is 1. The molecule has 4 rings (SSSR count). The van der Waals surface area contributed by atoms with E-state index in [1.165, 1.54) is 20.1 Å². The Kier molecular flexibility index (Phi) is 8.09. The Labute approximate surface area is 223 Å². The van der Waals surface area contributed by atoms with Gasteiger partial charge in [0.2, 0.25) is 11.8 Å². The first kappa shape index (κ1) is 28.3. The molecular weight excluding hydrogens is 520 g/mol. The summed E-state index contributed by atoms with van der Waals surface area (Å²) in [7, 11) is 1.50. The van der Waals surface area contributed by atoms with Crippen molar-refractivity contribution in [2.24, 2.45) is 22.4 Å². The zero-order valence-electron chi connectivity index (χ0n) is 21.9. The summed E-state index contributed by atoms with van der Waals surface area (Å²) in [5.41, 5.74) is 12.6. The van der Waals surface area contributed by atoms with Crippen LogP contribution >= 0.6 is 0 Å². The predicted molar refractivity (Wildman–Crippen MR) is 136 cm³/mol. The molecule has 1 amide bonds. The fourth-order valence-electron chi connectivity index (χ4n) is 4.67. The number of methoxy groups -OCH3 is 1. The average molecular weight is 553 g/mol. The van der Waals surface area contributed by atoms with Gasteiger partial charge >= 0.3 is 6.18 Å². The minimum atomic E-state index is -4.84. The Morgan fingerprint density at radius 1 is 1.21 bits per heavy atom. The van der Waals surface area contributed by atoms with Crippen LogP contribution in [0.25, 0.3) is 0 Å². The fraction of sp³-hybridized carbons (Fsp3) is 0.462. The normalized spacial score (nSPS) is 21.2. The average Bonchev–Trinajstić information content (AvgIpc) is 2.86. The summed E-state index contributed by atoms with van der Waals surface area (Å²) in [6.07, 6.45) is -3.11. The molecule has 0 aliphatic carbocycles. The lowest BCUT2D eigenvalue weighted by Gasteiger charge is -2.40. The summed E-state index contributed by atoms with van der Waals surface area (Å²) in [6, 6.07) is 2.04. The van der Waals surface area contributed by atoms with E-state index in [4.69, 9.17) is 20.9 Å². The molecule has 212 valence electrons. The Morgan fingerprint density at radius 3 is 2.41 bits per heavy atom. The maximum Gasteiger partial charge on any atom is 0.419 e. The number of nitrogens with two attached hydrogens (primary N) is 2. The number of allylic oxidation sites excluding steroid dienone is 2. The lowest BCUT2D eigenvalue weighted by molar-refractivity contribution is -0.151. The van der Waals surface area contributed by atoms with Crippen molar-refractivity contribution >= 4 is 11.7 Å². The quantitative estimate of drug-likeness (QED) is 0.282. The molecule has 1 aromatic carbocycles. The standard InChI is InChI=1S/C26H32F4N6O3/c1-14(31)22-18(23(32)33-15(2)17-5-4-6-19(21(17)27)26(28,29)30)11-20(24(34-22)38-3)35-7-9-36(10-8-35)25(37)16-12-39-13-16/h4-6,11,15-16,34H,7-10,12-13,31H2,1-3H3,(H2,32,33)/b22-14+/t15-/m1/s1. The van der Waals surface area contributed by atoms with Crippen molar-refractivity contribution in [1.82, 2.24) is 15.1 Å². The molecule has 0 unspecified atom stereocenters. The van der Waals surface area contributed by atoms with Crippen molar-refractivity contribution in [2.45, 2.75) is 26.1 Å². The van der Waals surface area contributed by atoms with Crippen molar-refractivity contribution in [3.8, 4) is 0 Å². The third kappa shape index (κ3) is 5.82. The van der Waals surface area contributed by atoms with Crippen LogP contribution in [0, 0.1) is 11.7 Å². The number of nitrogens with one attached hydrogen (secondary N) is 1. The summed E-state index contributed by atoms with van der Waals surface area (Å²) in [6.45, 7) is 6.06. The van der Waals surface area contributed by atoms with Crippen LogP contribution in [0.1, 0.15) is 31.0 Å². The zero-order valence-corrected chi connectivity index (χ0v) is 21.9. The number of piperazine rings is 1. The van der Waals surface area contributed by atoms with E-state index in [9.17, 15) is 22.4 Å². The van der Waals surface area contributed by atoms with Crippen LogP contribution in [0.15, 0.2) is 57.8 Å². The molecule has 3 aliphatic rings. The van der Waals surface area contributed by atoms with Gasteiger partial charge in [-0.1, -0.05) is 12.1 Å². The van der Waals surface area contributed by atoms with Gasteiger partial charge in [-0.25, -0.2) is 4.39 Å². The van der Waals surface area contributed by atoms with Gasteiger partial charge in [0.1, 0.15) is 11.7 Å². The van der Waals surface area contributed by atoms with Gasteiger partial charge in [-0.15, -0.1) is 0 Å². The molecule has 0 spiro atoms. The number of amides is 1. The number of rotatable bonds is 6. The second kappa shape index (κ2) is 11.2.